The minimum absolute atomic E-state index is 0.0141. The van der Waals surface area contributed by atoms with E-state index in [-0.39, 0.29) is 11.7 Å². The van der Waals surface area contributed by atoms with Crippen molar-refractivity contribution in [1.82, 2.24) is 0 Å². The lowest BCUT2D eigenvalue weighted by Gasteiger charge is -2.08. The number of aliphatic imine (C=N–C) groups is 1. The number of nitrogens with zero attached hydrogens (tertiary/aromatic N) is 1. The fraction of sp³-hybridized carbons (Fsp3) is 0.0476. The number of aromatic hydroxyl groups is 1. The lowest BCUT2D eigenvalue weighted by atomic mass is 10.2. The number of benzene rings is 3. The number of anilines is 1. The number of carbonyl (C=O) groups is 1. The molecule has 3 aromatic rings. The molecule has 3 aromatic carbocycles. The zero-order valence-corrected chi connectivity index (χ0v) is 18.0. The molecule has 0 aliphatic rings. The van der Waals surface area contributed by atoms with Crippen LogP contribution in [0.25, 0.3) is 0 Å². The number of halogens is 2. The van der Waals surface area contributed by atoms with Gasteiger partial charge in [0.05, 0.1) is 18.5 Å². The molecule has 0 aliphatic carbocycles. The molecule has 2 N–H and O–H groups in total. The van der Waals surface area contributed by atoms with E-state index in [0.29, 0.717) is 32.7 Å². The number of hydrogen-bond acceptors (Lipinski definition) is 4. The highest BCUT2D eigenvalue weighted by Crippen LogP contribution is 2.33. The lowest BCUT2D eigenvalue weighted by Crippen LogP contribution is -2.11. The van der Waals surface area contributed by atoms with Gasteiger partial charge < -0.3 is 15.2 Å². The molecule has 1 amide bonds. The van der Waals surface area contributed by atoms with Crippen molar-refractivity contribution in [2.75, 3.05) is 12.4 Å². The van der Waals surface area contributed by atoms with Crippen molar-refractivity contribution in [3.8, 4) is 11.5 Å². The SMILES string of the molecule is COc1cc(Br)cc(C=Nc2ccc(NC(=O)c3ccccc3)c(Br)c2)c1O. The molecule has 0 heterocycles. The van der Waals surface area contributed by atoms with Gasteiger partial charge in [0.15, 0.2) is 11.5 Å². The first-order valence-corrected chi connectivity index (χ1v) is 9.83. The van der Waals surface area contributed by atoms with E-state index in [4.69, 9.17) is 4.74 Å². The maximum atomic E-state index is 12.3. The Kier molecular flexibility index (Phi) is 6.49. The molecule has 0 spiro atoms. The Morgan fingerprint density at radius 3 is 2.54 bits per heavy atom. The summed E-state index contributed by atoms with van der Waals surface area (Å²) in [6.07, 6.45) is 1.55. The third kappa shape index (κ3) is 4.79. The number of amides is 1. The van der Waals surface area contributed by atoms with Crippen LogP contribution in [-0.4, -0.2) is 24.3 Å². The van der Waals surface area contributed by atoms with Gasteiger partial charge in [-0.25, -0.2) is 0 Å². The molecule has 142 valence electrons. The highest BCUT2D eigenvalue weighted by molar-refractivity contribution is 9.10. The Morgan fingerprint density at radius 1 is 1.11 bits per heavy atom. The Labute approximate surface area is 179 Å². The first-order chi connectivity index (χ1) is 13.5. The molecular weight excluding hydrogens is 488 g/mol. The van der Waals surface area contributed by atoms with E-state index < -0.39 is 0 Å². The second kappa shape index (κ2) is 9.03. The van der Waals surface area contributed by atoms with Crippen molar-refractivity contribution in [3.63, 3.8) is 0 Å². The smallest absolute Gasteiger partial charge is 0.255 e. The predicted molar refractivity (Wildman–Crippen MR) is 118 cm³/mol. The Bertz CT molecular complexity index is 1040. The van der Waals surface area contributed by atoms with Crippen LogP contribution in [0.3, 0.4) is 0 Å². The average Bonchev–Trinajstić information content (AvgIpc) is 2.70. The summed E-state index contributed by atoms with van der Waals surface area (Å²) >= 11 is 6.83. The van der Waals surface area contributed by atoms with E-state index in [1.54, 1.807) is 48.7 Å². The molecule has 0 bridgehead atoms. The molecule has 0 aromatic heterocycles. The molecule has 28 heavy (non-hydrogen) atoms. The summed E-state index contributed by atoms with van der Waals surface area (Å²) < 4.78 is 6.60. The first kappa shape index (κ1) is 20.1. The van der Waals surface area contributed by atoms with E-state index in [2.05, 4.69) is 42.2 Å². The second-order valence-electron chi connectivity index (χ2n) is 5.79. The zero-order chi connectivity index (χ0) is 20.1. The average molecular weight is 504 g/mol. The van der Waals surface area contributed by atoms with Gasteiger partial charge in [0, 0.05) is 26.3 Å². The van der Waals surface area contributed by atoms with Gasteiger partial charge in [-0.1, -0.05) is 34.1 Å². The molecule has 5 nitrogen and oxygen atoms in total. The first-order valence-electron chi connectivity index (χ1n) is 8.24. The van der Waals surface area contributed by atoms with Gasteiger partial charge in [-0.15, -0.1) is 0 Å². The largest absolute Gasteiger partial charge is 0.504 e. The summed E-state index contributed by atoms with van der Waals surface area (Å²) in [5.41, 5.74) is 2.39. The fourth-order valence-electron chi connectivity index (χ4n) is 2.46. The summed E-state index contributed by atoms with van der Waals surface area (Å²) in [5, 5.41) is 13.1. The van der Waals surface area contributed by atoms with E-state index >= 15 is 0 Å². The minimum atomic E-state index is -0.191. The van der Waals surface area contributed by atoms with Crippen LogP contribution >= 0.6 is 31.9 Å². The lowest BCUT2D eigenvalue weighted by molar-refractivity contribution is 0.102. The van der Waals surface area contributed by atoms with Crippen LogP contribution < -0.4 is 10.1 Å². The highest BCUT2D eigenvalue weighted by atomic mass is 79.9. The number of hydrogen-bond donors (Lipinski definition) is 2. The van der Waals surface area contributed by atoms with Crippen LogP contribution in [0.15, 0.2) is 74.6 Å². The van der Waals surface area contributed by atoms with Crippen molar-refractivity contribution >= 4 is 55.4 Å². The third-order valence-electron chi connectivity index (χ3n) is 3.88. The molecule has 0 radical (unpaired) electrons. The van der Waals surface area contributed by atoms with Crippen molar-refractivity contribution < 1.29 is 14.6 Å². The van der Waals surface area contributed by atoms with Crippen LogP contribution in [0.5, 0.6) is 11.5 Å². The zero-order valence-electron chi connectivity index (χ0n) is 14.8. The standard InChI is InChI=1S/C21H16Br2N2O3/c1-28-19-10-15(22)9-14(20(19)26)12-24-16-7-8-18(17(23)11-16)25-21(27)13-5-3-2-4-6-13/h2-12,26H,1H3,(H,25,27). The Morgan fingerprint density at radius 2 is 1.86 bits per heavy atom. The van der Waals surface area contributed by atoms with Gasteiger partial charge in [-0.2, -0.15) is 0 Å². The summed E-state index contributed by atoms with van der Waals surface area (Å²) in [4.78, 5) is 16.7. The number of carbonyl (C=O) groups excluding carboxylic acids is 1. The van der Waals surface area contributed by atoms with Gasteiger partial charge in [-0.3, -0.25) is 9.79 Å². The van der Waals surface area contributed by atoms with Gasteiger partial charge in [0.25, 0.3) is 5.91 Å². The maximum Gasteiger partial charge on any atom is 0.255 e. The third-order valence-corrected chi connectivity index (χ3v) is 4.99. The Hall–Kier alpha value is -2.64. The molecule has 0 fully saturated rings. The molecule has 0 saturated heterocycles. The van der Waals surface area contributed by atoms with Gasteiger partial charge in [0.2, 0.25) is 0 Å². The quantitative estimate of drug-likeness (QED) is 0.424. The van der Waals surface area contributed by atoms with Crippen LogP contribution in [-0.2, 0) is 0 Å². The summed E-state index contributed by atoms with van der Waals surface area (Å²) in [5.74, 6) is 0.181. The van der Waals surface area contributed by atoms with Crippen molar-refractivity contribution in [2.24, 2.45) is 4.99 Å². The number of phenols is 1. The number of phenolic OH excluding ortho intramolecular Hbond substituents is 1. The minimum Gasteiger partial charge on any atom is -0.504 e. The van der Waals surface area contributed by atoms with E-state index in [1.807, 2.05) is 18.2 Å². The number of rotatable bonds is 5. The van der Waals surface area contributed by atoms with Crippen LogP contribution in [0.1, 0.15) is 15.9 Å². The Balaban J connectivity index is 1.79. The second-order valence-corrected chi connectivity index (χ2v) is 7.56. The van der Waals surface area contributed by atoms with E-state index in [0.717, 1.165) is 4.47 Å². The summed E-state index contributed by atoms with van der Waals surface area (Å²) in [7, 11) is 1.49. The summed E-state index contributed by atoms with van der Waals surface area (Å²) in [6, 6.07) is 17.7. The maximum absolute atomic E-state index is 12.3. The fourth-order valence-corrected chi connectivity index (χ4v) is 3.38. The number of nitrogens with one attached hydrogen (secondary N) is 1. The molecule has 0 saturated carbocycles. The molecule has 0 unspecified atom stereocenters. The molecule has 0 atom stereocenters. The topological polar surface area (TPSA) is 70.9 Å². The number of ether oxygens (including phenoxy) is 1. The van der Waals surface area contributed by atoms with E-state index in [1.165, 1.54) is 7.11 Å². The van der Waals surface area contributed by atoms with Gasteiger partial charge >= 0.3 is 0 Å². The van der Waals surface area contributed by atoms with Gasteiger partial charge in [-0.05, 0) is 58.4 Å². The van der Waals surface area contributed by atoms with Crippen LogP contribution in [0.2, 0.25) is 0 Å². The van der Waals surface area contributed by atoms with Crippen molar-refractivity contribution in [2.45, 2.75) is 0 Å². The monoisotopic (exact) mass is 502 g/mol. The summed E-state index contributed by atoms with van der Waals surface area (Å²) in [6.45, 7) is 0. The van der Waals surface area contributed by atoms with Crippen molar-refractivity contribution in [1.29, 1.82) is 0 Å². The van der Waals surface area contributed by atoms with Gasteiger partial charge in [0.1, 0.15) is 0 Å². The molecule has 0 aliphatic heterocycles. The molecule has 7 heteroatoms. The number of methoxy groups -OCH3 is 1. The molecular formula is C21H16Br2N2O3. The molecule has 3 rings (SSSR count). The normalized spacial score (nSPS) is 10.8. The predicted octanol–water partition coefficient (Wildman–Crippen LogP) is 5.93. The highest BCUT2D eigenvalue weighted by Gasteiger charge is 2.10. The van der Waals surface area contributed by atoms with Crippen molar-refractivity contribution in [3.05, 3.63) is 80.7 Å². The van der Waals surface area contributed by atoms with Crippen LogP contribution in [0.4, 0.5) is 11.4 Å². The van der Waals surface area contributed by atoms with Crippen LogP contribution in [0, 0.1) is 0 Å². The van der Waals surface area contributed by atoms with E-state index in [9.17, 15) is 9.90 Å².